The van der Waals surface area contributed by atoms with Gasteiger partial charge in [0.2, 0.25) is 0 Å². The zero-order valence-electron chi connectivity index (χ0n) is 17.9. The monoisotopic (exact) mass is 413 g/mol. The second-order valence-electron chi connectivity index (χ2n) is 7.14. The van der Waals surface area contributed by atoms with Gasteiger partial charge in [-0.3, -0.25) is 4.79 Å². The molecule has 7 heteroatoms. The number of methoxy groups -OCH3 is 2. The fourth-order valence-corrected chi connectivity index (χ4v) is 3.44. The topological polar surface area (TPSA) is 90.2 Å². The van der Waals surface area contributed by atoms with Gasteiger partial charge in [0.1, 0.15) is 46.7 Å². The van der Waals surface area contributed by atoms with Gasteiger partial charge in [-0.25, -0.2) is 0 Å². The molecular weight excluding hydrogens is 386 g/mol. The number of nitrogens with one attached hydrogen (secondary N) is 1. The second-order valence-corrected chi connectivity index (χ2v) is 7.14. The average molecular weight is 413 g/mol. The quantitative estimate of drug-likeness (QED) is 0.587. The molecule has 0 bridgehead atoms. The van der Waals surface area contributed by atoms with E-state index in [0.29, 0.717) is 40.5 Å². The van der Waals surface area contributed by atoms with E-state index in [2.05, 4.69) is 5.32 Å². The highest BCUT2D eigenvalue weighted by atomic mass is 16.5. The van der Waals surface area contributed by atoms with Gasteiger partial charge in [-0.05, 0) is 44.2 Å². The molecular formula is C23H27NO6. The fraction of sp³-hybridized carbons (Fsp3) is 0.348. The van der Waals surface area contributed by atoms with Crippen LogP contribution in [0, 0.1) is 13.8 Å². The molecule has 0 saturated carbocycles. The minimum atomic E-state index is -0.600. The summed E-state index contributed by atoms with van der Waals surface area (Å²) in [7, 11) is 4.82. The van der Waals surface area contributed by atoms with E-state index >= 15 is 0 Å². The SMILES string of the molecule is CNC[C@@H](O)COc1c(C)cc(-c2cc(=O)c3c(OC)cc(OC)cc3o2)cc1C. The molecule has 0 saturated heterocycles. The first kappa shape index (κ1) is 21.7. The molecule has 0 aliphatic heterocycles. The first-order valence-corrected chi connectivity index (χ1v) is 9.64. The van der Waals surface area contributed by atoms with Crippen LogP contribution < -0.4 is 25.0 Å². The summed E-state index contributed by atoms with van der Waals surface area (Å²) in [5.41, 5.74) is 2.71. The summed E-state index contributed by atoms with van der Waals surface area (Å²) in [5, 5.41) is 13.2. The van der Waals surface area contributed by atoms with Gasteiger partial charge >= 0.3 is 0 Å². The molecule has 160 valence electrons. The van der Waals surface area contributed by atoms with Crippen LogP contribution >= 0.6 is 0 Å². The number of rotatable bonds is 8. The standard InChI is InChI=1S/C23H27NO6/c1-13-6-15(7-14(2)23(13)29-12-16(25)11-24-3)19-10-18(26)22-20(28-5)8-17(27-4)9-21(22)30-19/h6-10,16,24-25H,11-12H2,1-5H3/t16-/m1/s1. The number of likely N-dealkylation sites (N-methyl/N-ethyl adjacent to an activating group) is 1. The highest BCUT2D eigenvalue weighted by Crippen LogP contribution is 2.34. The molecule has 2 N–H and O–H groups in total. The normalized spacial score (nSPS) is 12.1. The molecule has 0 spiro atoms. The van der Waals surface area contributed by atoms with Gasteiger partial charge in [0, 0.05) is 30.3 Å². The molecule has 1 atom stereocenters. The van der Waals surface area contributed by atoms with E-state index in [1.807, 2.05) is 26.0 Å². The van der Waals surface area contributed by atoms with E-state index in [4.69, 9.17) is 18.6 Å². The summed E-state index contributed by atoms with van der Waals surface area (Å²) >= 11 is 0. The van der Waals surface area contributed by atoms with Crippen molar-refractivity contribution in [2.75, 3.05) is 34.4 Å². The second kappa shape index (κ2) is 9.19. The van der Waals surface area contributed by atoms with Crippen molar-refractivity contribution < 1.29 is 23.7 Å². The van der Waals surface area contributed by atoms with E-state index in [-0.39, 0.29) is 12.0 Å². The number of aryl methyl sites for hydroxylation is 2. The van der Waals surface area contributed by atoms with Crippen molar-refractivity contribution in [3.05, 3.63) is 51.7 Å². The maximum atomic E-state index is 12.8. The molecule has 7 nitrogen and oxygen atoms in total. The number of benzene rings is 2. The first-order valence-electron chi connectivity index (χ1n) is 9.64. The Morgan fingerprint density at radius 3 is 2.37 bits per heavy atom. The van der Waals surface area contributed by atoms with Crippen LogP contribution in [0.2, 0.25) is 0 Å². The maximum absolute atomic E-state index is 12.8. The van der Waals surface area contributed by atoms with Crippen molar-refractivity contribution in [3.63, 3.8) is 0 Å². The van der Waals surface area contributed by atoms with Crippen molar-refractivity contribution in [2.24, 2.45) is 0 Å². The van der Waals surface area contributed by atoms with Crippen LogP contribution in [0.4, 0.5) is 0 Å². The molecule has 0 unspecified atom stereocenters. The largest absolute Gasteiger partial charge is 0.496 e. The lowest BCUT2D eigenvalue weighted by Crippen LogP contribution is -2.29. The summed E-state index contributed by atoms with van der Waals surface area (Å²) in [4.78, 5) is 12.8. The third kappa shape index (κ3) is 4.42. The Kier molecular flexibility index (Phi) is 6.64. The van der Waals surface area contributed by atoms with E-state index in [9.17, 15) is 9.90 Å². The van der Waals surface area contributed by atoms with Crippen LogP contribution in [0.3, 0.4) is 0 Å². The van der Waals surface area contributed by atoms with Crippen LogP contribution in [0.15, 0.2) is 39.5 Å². The summed E-state index contributed by atoms with van der Waals surface area (Å²) < 4.78 is 22.5. The Hall–Kier alpha value is -3.03. The molecule has 3 rings (SSSR count). The van der Waals surface area contributed by atoms with E-state index in [1.165, 1.54) is 13.2 Å². The van der Waals surface area contributed by atoms with Gasteiger partial charge in [-0.1, -0.05) is 0 Å². The van der Waals surface area contributed by atoms with Crippen molar-refractivity contribution in [1.82, 2.24) is 5.32 Å². The van der Waals surface area contributed by atoms with E-state index in [0.717, 1.165) is 16.7 Å². The molecule has 0 amide bonds. The Morgan fingerprint density at radius 2 is 1.77 bits per heavy atom. The molecule has 3 aromatic rings. The minimum Gasteiger partial charge on any atom is -0.496 e. The van der Waals surface area contributed by atoms with Crippen LogP contribution in [-0.2, 0) is 0 Å². The molecule has 0 aliphatic carbocycles. The number of fused-ring (bicyclic) bond motifs is 1. The third-order valence-corrected chi connectivity index (χ3v) is 4.83. The summed E-state index contributed by atoms with van der Waals surface area (Å²) in [5.74, 6) is 2.09. The van der Waals surface area contributed by atoms with Gasteiger partial charge in [0.25, 0.3) is 0 Å². The molecule has 0 fully saturated rings. The van der Waals surface area contributed by atoms with Gasteiger partial charge < -0.3 is 29.1 Å². The highest BCUT2D eigenvalue weighted by Gasteiger charge is 2.16. The van der Waals surface area contributed by atoms with Gasteiger partial charge in [-0.15, -0.1) is 0 Å². The first-order chi connectivity index (χ1) is 14.4. The number of hydrogen-bond acceptors (Lipinski definition) is 7. The predicted octanol–water partition coefficient (Wildman–Crippen LogP) is 3.05. The molecule has 1 heterocycles. The van der Waals surface area contributed by atoms with E-state index < -0.39 is 6.10 Å². The lowest BCUT2D eigenvalue weighted by atomic mass is 10.0. The number of aliphatic hydroxyl groups excluding tert-OH is 1. The average Bonchev–Trinajstić information content (AvgIpc) is 2.72. The lowest BCUT2D eigenvalue weighted by molar-refractivity contribution is 0.107. The van der Waals surface area contributed by atoms with Crippen LogP contribution in [-0.4, -0.2) is 45.6 Å². The molecule has 30 heavy (non-hydrogen) atoms. The Bertz CT molecular complexity index is 1080. The van der Waals surface area contributed by atoms with Crippen LogP contribution in [0.5, 0.6) is 17.2 Å². The Balaban J connectivity index is 2.02. The highest BCUT2D eigenvalue weighted by molar-refractivity contribution is 5.86. The molecule has 1 aromatic heterocycles. The van der Waals surface area contributed by atoms with Crippen molar-refractivity contribution in [3.8, 4) is 28.6 Å². The number of ether oxygens (including phenoxy) is 3. The molecule has 0 aliphatic rings. The maximum Gasteiger partial charge on any atom is 0.197 e. The molecule has 0 radical (unpaired) electrons. The Labute approximate surface area is 175 Å². The minimum absolute atomic E-state index is 0.187. The van der Waals surface area contributed by atoms with Crippen LogP contribution in [0.25, 0.3) is 22.3 Å². The van der Waals surface area contributed by atoms with Crippen molar-refractivity contribution in [1.29, 1.82) is 0 Å². The smallest absolute Gasteiger partial charge is 0.197 e. The van der Waals surface area contributed by atoms with Gasteiger partial charge in [-0.2, -0.15) is 0 Å². The van der Waals surface area contributed by atoms with E-state index in [1.54, 1.807) is 26.3 Å². The summed E-state index contributed by atoms with van der Waals surface area (Å²) in [6, 6.07) is 8.58. The van der Waals surface area contributed by atoms with Gasteiger partial charge in [0.05, 0.1) is 14.2 Å². The fourth-order valence-electron chi connectivity index (χ4n) is 3.44. The predicted molar refractivity (Wildman–Crippen MR) is 116 cm³/mol. The van der Waals surface area contributed by atoms with Crippen LogP contribution in [0.1, 0.15) is 11.1 Å². The number of hydrogen-bond donors (Lipinski definition) is 2. The summed E-state index contributed by atoms with van der Waals surface area (Å²) in [6.07, 6.45) is -0.600. The zero-order chi connectivity index (χ0) is 21.8. The lowest BCUT2D eigenvalue weighted by Gasteiger charge is -2.17. The Morgan fingerprint density at radius 1 is 1.07 bits per heavy atom. The van der Waals surface area contributed by atoms with Crippen molar-refractivity contribution in [2.45, 2.75) is 20.0 Å². The van der Waals surface area contributed by atoms with Gasteiger partial charge in [0.15, 0.2) is 5.43 Å². The zero-order valence-corrected chi connectivity index (χ0v) is 17.9. The summed E-state index contributed by atoms with van der Waals surface area (Å²) in [6.45, 7) is 4.47. The molecule has 2 aromatic carbocycles. The third-order valence-electron chi connectivity index (χ3n) is 4.83. The number of aliphatic hydroxyl groups is 1. The van der Waals surface area contributed by atoms with Crippen molar-refractivity contribution >= 4 is 11.0 Å².